The van der Waals surface area contributed by atoms with Crippen LogP contribution in [-0.2, 0) is 21.7 Å². The first kappa shape index (κ1) is 64.7. The van der Waals surface area contributed by atoms with Crippen LogP contribution >= 0.6 is 0 Å². The molecule has 4 heteroatoms. The summed E-state index contributed by atoms with van der Waals surface area (Å²) < 4.78 is 26.2. The molecule has 16 aromatic carbocycles. The van der Waals surface area contributed by atoms with Crippen LogP contribution in [0.5, 0.6) is 0 Å². The highest BCUT2D eigenvalue weighted by atomic mass is 16.3. The highest BCUT2D eigenvalue weighted by Crippen LogP contribution is 2.56. The van der Waals surface area contributed by atoms with Crippen LogP contribution in [0.4, 0.5) is 0 Å². The van der Waals surface area contributed by atoms with Gasteiger partial charge in [-0.3, -0.25) is 0 Å². The molecule has 0 fully saturated rings. The molecule has 20 aromatic rings. The molecule has 112 heavy (non-hydrogen) atoms. The van der Waals surface area contributed by atoms with Crippen molar-refractivity contribution in [2.45, 2.75) is 77.0 Å². The number of rotatable bonds is 6. The van der Waals surface area contributed by atoms with Crippen LogP contribution in [-0.4, -0.2) is 0 Å². The highest BCUT2D eigenvalue weighted by Gasteiger charge is 2.40. The van der Waals surface area contributed by atoms with Crippen molar-refractivity contribution < 1.29 is 17.7 Å². The Hall–Kier alpha value is -13.3. The van der Waals surface area contributed by atoms with Crippen molar-refractivity contribution in [3.8, 4) is 111 Å². The Bertz CT molecular complexity index is 7040. The van der Waals surface area contributed by atoms with E-state index in [2.05, 4.69) is 371 Å². The van der Waals surface area contributed by atoms with Crippen LogP contribution in [0, 0.1) is 0 Å². The molecule has 4 heterocycles. The summed E-state index contributed by atoms with van der Waals surface area (Å²) in [6.45, 7) is 18.8. The summed E-state index contributed by atoms with van der Waals surface area (Å²) in [4.78, 5) is 0. The molecule has 0 atom stereocenters. The molecule has 4 aromatic heterocycles. The molecule has 0 unspecified atom stereocenters. The van der Waals surface area contributed by atoms with Gasteiger partial charge in [-0.1, -0.05) is 262 Å². The van der Waals surface area contributed by atoms with Crippen molar-refractivity contribution in [1.82, 2.24) is 0 Å². The molecule has 0 saturated carbocycles. The van der Waals surface area contributed by atoms with E-state index in [4.69, 9.17) is 17.7 Å². The third-order valence-electron chi connectivity index (χ3n) is 26.2. The van der Waals surface area contributed by atoms with Crippen molar-refractivity contribution in [2.24, 2.45) is 0 Å². The Labute approximate surface area is 649 Å². The lowest BCUT2D eigenvalue weighted by molar-refractivity contribution is 0.660. The minimum atomic E-state index is -0.124. The van der Waals surface area contributed by atoms with E-state index in [0.717, 1.165) is 87.8 Å². The topological polar surface area (TPSA) is 52.6 Å². The summed E-state index contributed by atoms with van der Waals surface area (Å²) in [6.07, 6.45) is 0. The number of fused-ring (bicyclic) bond motifs is 24. The van der Waals surface area contributed by atoms with Gasteiger partial charge in [0.05, 0.1) is 0 Å². The van der Waals surface area contributed by atoms with Gasteiger partial charge in [-0.15, -0.1) is 0 Å². The van der Waals surface area contributed by atoms with Crippen LogP contribution < -0.4 is 0 Å². The third kappa shape index (κ3) is 9.42. The minimum absolute atomic E-state index is 0.0376. The van der Waals surface area contributed by atoms with Crippen LogP contribution in [0.3, 0.4) is 0 Å². The maximum absolute atomic E-state index is 6.58. The standard InChI is InChI=1S/C60H42O2.C48H34O2/c1-59(2)51-29-39(35-11-7-5-8-12-35)15-21-43(51)45-23-17-41(31-53(45)59)37-19-25-55-47(27-37)49-33-58-50(34-57(49)61-55)48-28-38(20-26-56(48)62-58)42-18-24-46-44-22-16-40(36-13-9-6-10-14-36)30-52(44)60(3,4)54(46)32-42;1-47(2)39-11-7-5-9-31(39)33-17-13-29(23-41(33)47)27-15-19-43-35(21-27)37-25-46-38(26-45(37)49-43)36-22-28(16-20-44(36)50-46)30-14-18-34-32-10-6-8-12-40(32)48(3,4)42(34)24-30/h5-34H,1-4H3;5-26H,1-4H3. The lowest BCUT2D eigenvalue weighted by Gasteiger charge is -2.22. The van der Waals surface area contributed by atoms with E-state index in [0.29, 0.717) is 0 Å². The molecule has 4 nitrogen and oxygen atoms in total. The monoisotopic (exact) mass is 1440 g/mol. The second-order valence-corrected chi connectivity index (χ2v) is 33.8. The van der Waals surface area contributed by atoms with Gasteiger partial charge in [0.25, 0.3) is 0 Å². The molecular weight excluding hydrogens is 1360 g/mol. The number of hydrogen-bond donors (Lipinski definition) is 0. The smallest absolute Gasteiger partial charge is 0.136 e. The fourth-order valence-corrected chi connectivity index (χ4v) is 20.0. The van der Waals surface area contributed by atoms with Gasteiger partial charge in [0.2, 0.25) is 0 Å². The van der Waals surface area contributed by atoms with Crippen LogP contribution in [0.15, 0.2) is 333 Å². The molecule has 0 N–H and O–H groups in total. The number of hydrogen-bond acceptors (Lipinski definition) is 4. The summed E-state index contributed by atoms with van der Waals surface area (Å²) in [5.41, 5.74) is 43.0. The average Bonchev–Trinajstić information content (AvgIpc) is 1.71. The van der Waals surface area contributed by atoms with Crippen molar-refractivity contribution in [3.63, 3.8) is 0 Å². The molecule has 0 aliphatic heterocycles. The Morgan fingerprint density at radius 2 is 0.330 bits per heavy atom. The van der Waals surface area contributed by atoms with Crippen molar-refractivity contribution >= 4 is 87.8 Å². The SMILES string of the molecule is CC1(C)c2cc(-c3ccccc3)ccc2-c2ccc(-c3ccc4oc5cc6c(cc5c4c3)oc3ccc(-c4ccc5c(c4)C(C)(C)c4cc(-c7ccccc7)ccc4-5)cc36)cc21.CC1(C)c2ccccc2-c2ccc(-c3ccc4oc5cc6c(cc5c4c3)oc3ccc(-c4ccc5c(c4)C(C)(C)c4ccccc4-5)cc36)cc21. The molecule has 0 saturated heterocycles. The second-order valence-electron chi connectivity index (χ2n) is 33.8. The Morgan fingerprint density at radius 1 is 0.143 bits per heavy atom. The van der Waals surface area contributed by atoms with Gasteiger partial charge in [-0.05, 0) is 265 Å². The van der Waals surface area contributed by atoms with Gasteiger partial charge in [-0.25, -0.2) is 0 Å². The largest absolute Gasteiger partial charge is 0.456 e. The van der Waals surface area contributed by atoms with Gasteiger partial charge < -0.3 is 17.7 Å². The maximum atomic E-state index is 6.58. The zero-order valence-corrected chi connectivity index (χ0v) is 63.7. The summed E-state index contributed by atoms with van der Waals surface area (Å²) >= 11 is 0. The Kier molecular flexibility index (Phi) is 13.4. The molecule has 0 amide bonds. The first-order chi connectivity index (χ1) is 54.4. The summed E-state index contributed by atoms with van der Waals surface area (Å²) in [5.74, 6) is 0. The summed E-state index contributed by atoms with van der Waals surface area (Å²) in [6, 6.07) is 116. The molecule has 0 spiro atoms. The van der Waals surface area contributed by atoms with Crippen LogP contribution in [0.25, 0.3) is 199 Å². The van der Waals surface area contributed by atoms with Gasteiger partial charge in [0.15, 0.2) is 0 Å². The lowest BCUT2D eigenvalue weighted by Crippen LogP contribution is -2.15. The lowest BCUT2D eigenvalue weighted by atomic mass is 9.81. The zero-order chi connectivity index (χ0) is 75.0. The van der Waals surface area contributed by atoms with Crippen LogP contribution in [0.2, 0.25) is 0 Å². The van der Waals surface area contributed by atoms with E-state index in [9.17, 15) is 0 Å². The number of furan rings is 4. The second kappa shape index (κ2) is 23.1. The first-order valence-corrected chi connectivity index (χ1v) is 39.3. The predicted molar refractivity (Wildman–Crippen MR) is 465 cm³/mol. The molecule has 0 radical (unpaired) electrons. The van der Waals surface area contributed by atoms with Crippen molar-refractivity contribution in [1.29, 1.82) is 0 Å². The molecule has 24 rings (SSSR count). The summed E-state index contributed by atoms with van der Waals surface area (Å²) in [5, 5.41) is 8.66. The van der Waals surface area contributed by atoms with E-state index in [1.54, 1.807) is 0 Å². The van der Waals surface area contributed by atoms with Gasteiger partial charge in [0.1, 0.15) is 44.7 Å². The first-order valence-electron chi connectivity index (χ1n) is 39.3. The third-order valence-corrected chi connectivity index (χ3v) is 26.2. The Balaban J connectivity index is 0.000000137. The van der Waals surface area contributed by atoms with E-state index < -0.39 is 0 Å². The summed E-state index contributed by atoms with van der Waals surface area (Å²) in [7, 11) is 0. The highest BCUT2D eigenvalue weighted by molar-refractivity contribution is 6.18. The fraction of sp³-hybridized carbons (Fsp3) is 0.111. The predicted octanol–water partition coefficient (Wildman–Crippen LogP) is 30.2. The fourth-order valence-electron chi connectivity index (χ4n) is 20.0. The minimum Gasteiger partial charge on any atom is -0.456 e. The van der Waals surface area contributed by atoms with E-state index in [1.165, 1.54) is 156 Å². The molecule has 4 aliphatic rings. The number of benzene rings is 16. The van der Waals surface area contributed by atoms with E-state index >= 15 is 0 Å². The van der Waals surface area contributed by atoms with Gasteiger partial charge >= 0.3 is 0 Å². The van der Waals surface area contributed by atoms with Crippen molar-refractivity contribution in [2.75, 3.05) is 0 Å². The van der Waals surface area contributed by atoms with E-state index in [-0.39, 0.29) is 21.7 Å². The quantitative estimate of drug-likeness (QED) is 0.166. The zero-order valence-electron chi connectivity index (χ0n) is 63.7. The molecular formula is C108H76O4. The molecule has 4 aliphatic carbocycles. The van der Waals surface area contributed by atoms with Gasteiger partial charge in [0, 0.05) is 64.7 Å². The maximum Gasteiger partial charge on any atom is 0.136 e. The molecule has 0 bridgehead atoms. The van der Waals surface area contributed by atoms with Crippen molar-refractivity contribution in [3.05, 3.63) is 360 Å². The van der Waals surface area contributed by atoms with E-state index in [1.807, 2.05) is 0 Å². The average molecular weight is 1440 g/mol. The van der Waals surface area contributed by atoms with Gasteiger partial charge in [-0.2, -0.15) is 0 Å². The normalized spacial score (nSPS) is 14.7. The molecule has 532 valence electrons. The Morgan fingerprint density at radius 3 is 0.589 bits per heavy atom. The van der Waals surface area contributed by atoms with Crippen LogP contribution in [0.1, 0.15) is 99.9 Å².